The fourth-order valence-corrected chi connectivity index (χ4v) is 2.33. The third-order valence-corrected chi connectivity index (χ3v) is 3.26. The molecule has 1 saturated carbocycles. The molecule has 0 spiro atoms. The molecule has 1 aromatic rings. The highest BCUT2D eigenvalue weighted by molar-refractivity contribution is 5.35. The topological polar surface area (TPSA) is 35.2 Å². The molecule has 0 radical (unpaired) electrons. The second-order valence-electron chi connectivity index (χ2n) is 4.70. The number of nitrogens with two attached hydrogens (primary N) is 1. The molecule has 1 fully saturated rings. The van der Waals surface area contributed by atoms with Crippen molar-refractivity contribution in [3.63, 3.8) is 0 Å². The van der Waals surface area contributed by atoms with Gasteiger partial charge in [0.05, 0.1) is 6.10 Å². The van der Waals surface area contributed by atoms with Gasteiger partial charge in [0, 0.05) is 11.6 Å². The van der Waals surface area contributed by atoms with Crippen molar-refractivity contribution in [1.82, 2.24) is 0 Å². The lowest BCUT2D eigenvalue weighted by atomic mass is 9.97. The summed E-state index contributed by atoms with van der Waals surface area (Å²) in [6.07, 6.45) is 6.72. The van der Waals surface area contributed by atoms with Crippen molar-refractivity contribution in [3.05, 3.63) is 29.8 Å². The fourth-order valence-electron chi connectivity index (χ4n) is 2.33. The summed E-state index contributed by atoms with van der Waals surface area (Å²) in [6, 6.07) is 8.17. The highest BCUT2D eigenvalue weighted by Crippen LogP contribution is 2.28. The molecule has 0 heterocycles. The molecule has 2 nitrogen and oxygen atoms in total. The van der Waals surface area contributed by atoms with Gasteiger partial charge in [0.2, 0.25) is 0 Å². The monoisotopic (exact) mass is 219 g/mol. The van der Waals surface area contributed by atoms with Crippen LogP contribution in [0.2, 0.25) is 0 Å². The first kappa shape index (κ1) is 11.5. The van der Waals surface area contributed by atoms with E-state index in [1.807, 2.05) is 25.1 Å². The van der Waals surface area contributed by atoms with Crippen molar-refractivity contribution >= 4 is 0 Å². The van der Waals surface area contributed by atoms with Crippen molar-refractivity contribution in [1.29, 1.82) is 0 Å². The molecule has 1 aliphatic rings. The molecule has 1 unspecified atom stereocenters. The van der Waals surface area contributed by atoms with Crippen LogP contribution in [0.1, 0.15) is 50.6 Å². The normalized spacial score (nSPS) is 19.4. The van der Waals surface area contributed by atoms with Gasteiger partial charge in [0.1, 0.15) is 5.75 Å². The first-order valence-electron chi connectivity index (χ1n) is 6.28. The number of hydrogen-bond acceptors (Lipinski definition) is 2. The largest absolute Gasteiger partial charge is 0.490 e. The number of ether oxygens (including phenoxy) is 1. The summed E-state index contributed by atoms with van der Waals surface area (Å²) in [7, 11) is 0. The zero-order valence-corrected chi connectivity index (χ0v) is 9.99. The van der Waals surface area contributed by atoms with E-state index in [-0.39, 0.29) is 6.04 Å². The Hall–Kier alpha value is -1.02. The molecule has 1 atom stereocenters. The Labute approximate surface area is 97.8 Å². The first-order valence-corrected chi connectivity index (χ1v) is 6.28. The Kier molecular flexibility index (Phi) is 3.83. The Morgan fingerprint density at radius 2 is 1.88 bits per heavy atom. The predicted molar refractivity (Wildman–Crippen MR) is 66.5 cm³/mol. The van der Waals surface area contributed by atoms with Crippen LogP contribution in [0, 0.1) is 0 Å². The molecule has 88 valence electrons. The fraction of sp³-hybridized carbons (Fsp3) is 0.571. The van der Waals surface area contributed by atoms with Crippen LogP contribution in [-0.2, 0) is 0 Å². The van der Waals surface area contributed by atoms with Gasteiger partial charge < -0.3 is 10.5 Å². The van der Waals surface area contributed by atoms with E-state index >= 15 is 0 Å². The smallest absolute Gasteiger partial charge is 0.124 e. The van der Waals surface area contributed by atoms with Crippen LogP contribution >= 0.6 is 0 Å². The second kappa shape index (κ2) is 5.35. The van der Waals surface area contributed by atoms with Crippen LogP contribution in [0.5, 0.6) is 5.75 Å². The summed E-state index contributed by atoms with van der Waals surface area (Å²) in [4.78, 5) is 0. The highest BCUT2D eigenvalue weighted by atomic mass is 16.5. The lowest BCUT2D eigenvalue weighted by molar-refractivity contribution is 0.153. The minimum absolute atomic E-state index is 0.0415. The van der Waals surface area contributed by atoms with Gasteiger partial charge in [-0.1, -0.05) is 24.6 Å². The average Bonchev–Trinajstić information content (AvgIpc) is 2.31. The van der Waals surface area contributed by atoms with Crippen LogP contribution in [0.25, 0.3) is 0 Å². The van der Waals surface area contributed by atoms with Crippen LogP contribution < -0.4 is 10.5 Å². The molecule has 0 saturated heterocycles. The van der Waals surface area contributed by atoms with Gasteiger partial charge in [-0.3, -0.25) is 0 Å². The number of para-hydroxylation sites is 1. The van der Waals surface area contributed by atoms with Gasteiger partial charge >= 0.3 is 0 Å². The summed E-state index contributed by atoms with van der Waals surface area (Å²) < 4.78 is 6.07. The Morgan fingerprint density at radius 3 is 2.56 bits per heavy atom. The van der Waals surface area contributed by atoms with E-state index in [0.29, 0.717) is 6.10 Å². The van der Waals surface area contributed by atoms with E-state index in [2.05, 4.69) is 6.07 Å². The molecule has 16 heavy (non-hydrogen) atoms. The molecule has 0 aromatic heterocycles. The Balaban J connectivity index is 2.07. The van der Waals surface area contributed by atoms with E-state index in [4.69, 9.17) is 10.5 Å². The zero-order chi connectivity index (χ0) is 11.4. The summed E-state index contributed by atoms with van der Waals surface area (Å²) in [5, 5.41) is 0. The van der Waals surface area contributed by atoms with Crippen LogP contribution in [-0.4, -0.2) is 6.10 Å². The summed E-state index contributed by atoms with van der Waals surface area (Å²) >= 11 is 0. The molecule has 1 aliphatic carbocycles. The summed E-state index contributed by atoms with van der Waals surface area (Å²) in [5.74, 6) is 0.976. The molecule has 2 rings (SSSR count). The van der Waals surface area contributed by atoms with Crippen molar-refractivity contribution in [2.24, 2.45) is 5.73 Å². The Morgan fingerprint density at radius 1 is 1.19 bits per heavy atom. The van der Waals surface area contributed by atoms with E-state index in [1.54, 1.807) is 0 Å². The van der Waals surface area contributed by atoms with Gasteiger partial charge in [-0.2, -0.15) is 0 Å². The first-order chi connectivity index (χ1) is 7.77. The van der Waals surface area contributed by atoms with Crippen molar-refractivity contribution in [2.45, 2.75) is 51.2 Å². The van der Waals surface area contributed by atoms with Gasteiger partial charge in [-0.15, -0.1) is 0 Å². The Bertz CT molecular complexity index is 329. The maximum absolute atomic E-state index is 6.07. The van der Waals surface area contributed by atoms with Gasteiger partial charge in [-0.05, 0) is 38.7 Å². The molecule has 0 bridgehead atoms. The molecular formula is C14H21NO. The lowest BCUT2D eigenvalue weighted by Crippen LogP contribution is -2.21. The molecule has 1 aromatic carbocycles. The number of rotatable bonds is 3. The maximum atomic E-state index is 6.07. The zero-order valence-electron chi connectivity index (χ0n) is 9.99. The molecule has 2 N–H and O–H groups in total. The minimum atomic E-state index is 0.0415. The second-order valence-corrected chi connectivity index (χ2v) is 4.70. The number of benzene rings is 1. The molecular weight excluding hydrogens is 198 g/mol. The summed E-state index contributed by atoms with van der Waals surface area (Å²) in [5.41, 5.74) is 7.06. The van der Waals surface area contributed by atoms with Gasteiger partial charge in [-0.25, -0.2) is 0 Å². The minimum Gasteiger partial charge on any atom is -0.490 e. The number of hydrogen-bond donors (Lipinski definition) is 1. The molecule has 0 aliphatic heterocycles. The van der Waals surface area contributed by atoms with Crippen LogP contribution in [0.15, 0.2) is 24.3 Å². The maximum Gasteiger partial charge on any atom is 0.124 e. The molecule has 2 heteroatoms. The van der Waals surface area contributed by atoms with Crippen molar-refractivity contribution in [3.8, 4) is 5.75 Å². The quantitative estimate of drug-likeness (QED) is 0.845. The predicted octanol–water partition coefficient (Wildman–Crippen LogP) is 3.42. The molecule has 0 amide bonds. The third kappa shape index (κ3) is 2.76. The van der Waals surface area contributed by atoms with Crippen LogP contribution in [0.4, 0.5) is 0 Å². The van der Waals surface area contributed by atoms with E-state index < -0.39 is 0 Å². The van der Waals surface area contributed by atoms with E-state index in [1.165, 1.54) is 32.1 Å². The van der Waals surface area contributed by atoms with Crippen molar-refractivity contribution < 1.29 is 4.74 Å². The third-order valence-electron chi connectivity index (χ3n) is 3.26. The highest BCUT2D eigenvalue weighted by Gasteiger charge is 2.16. The van der Waals surface area contributed by atoms with E-state index in [0.717, 1.165) is 11.3 Å². The van der Waals surface area contributed by atoms with E-state index in [9.17, 15) is 0 Å². The lowest BCUT2D eigenvalue weighted by Gasteiger charge is -2.25. The van der Waals surface area contributed by atoms with Crippen LogP contribution in [0.3, 0.4) is 0 Å². The standard InChI is InChI=1S/C14H21NO/c1-11(15)13-9-5-6-10-14(13)16-12-7-3-2-4-8-12/h5-6,9-12H,2-4,7-8,15H2,1H3. The summed E-state index contributed by atoms with van der Waals surface area (Å²) in [6.45, 7) is 2.00. The van der Waals surface area contributed by atoms with Crippen molar-refractivity contribution in [2.75, 3.05) is 0 Å². The van der Waals surface area contributed by atoms with Gasteiger partial charge in [0.25, 0.3) is 0 Å². The van der Waals surface area contributed by atoms with Gasteiger partial charge in [0.15, 0.2) is 0 Å². The average molecular weight is 219 g/mol. The SMILES string of the molecule is CC(N)c1ccccc1OC1CCCCC1.